The first-order valence-electron chi connectivity index (χ1n) is 9.63. The van der Waals surface area contributed by atoms with E-state index in [0.29, 0.717) is 31.9 Å². The lowest BCUT2D eigenvalue weighted by atomic mass is 9.94. The first kappa shape index (κ1) is 20.5. The molecule has 2 atom stereocenters. The Morgan fingerprint density at radius 3 is 2.57 bits per heavy atom. The van der Waals surface area contributed by atoms with Crippen LogP contribution in [0, 0.1) is 0 Å². The smallest absolute Gasteiger partial charge is 0.248 e. The number of primary amides is 1. The van der Waals surface area contributed by atoms with Gasteiger partial charge in [0.15, 0.2) is 0 Å². The van der Waals surface area contributed by atoms with E-state index in [1.54, 1.807) is 12.1 Å². The average Bonchev–Trinajstić information content (AvgIpc) is 2.71. The third kappa shape index (κ3) is 4.77. The maximum absolute atomic E-state index is 11.2. The molecule has 0 aromatic heterocycles. The standard InChI is InChI=1S/C22H29N3O3/c1-17-13-28-16-22(15-26,25(17)12-19-5-3-2-4-6-19)14-24-11-18-7-9-20(10-8-18)21(23)27/h2-10,17,24,26H,11-16H2,1H3,(H2,23,27)/t17-,22+/m1/s1. The number of nitrogens with zero attached hydrogens (tertiary/aromatic N) is 1. The second-order valence-electron chi connectivity index (χ2n) is 7.52. The van der Waals surface area contributed by atoms with Gasteiger partial charge in [-0.15, -0.1) is 0 Å². The van der Waals surface area contributed by atoms with Gasteiger partial charge in [0, 0.05) is 31.2 Å². The largest absolute Gasteiger partial charge is 0.394 e. The highest BCUT2D eigenvalue weighted by molar-refractivity contribution is 5.92. The van der Waals surface area contributed by atoms with E-state index in [4.69, 9.17) is 10.5 Å². The van der Waals surface area contributed by atoms with Crippen LogP contribution in [0.5, 0.6) is 0 Å². The Hall–Kier alpha value is -2.25. The summed E-state index contributed by atoms with van der Waals surface area (Å²) in [5.74, 6) is -0.427. The minimum Gasteiger partial charge on any atom is -0.394 e. The van der Waals surface area contributed by atoms with E-state index in [1.807, 2.05) is 30.3 Å². The molecule has 4 N–H and O–H groups in total. The number of benzene rings is 2. The topological polar surface area (TPSA) is 87.8 Å². The summed E-state index contributed by atoms with van der Waals surface area (Å²) in [5.41, 5.74) is 7.57. The number of aliphatic hydroxyl groups is 1. The van der Waals surface area contributed by atoms with Crippen LogP contribution in [-0.2, 0) is 17.8 Å². The Kier molecular flexibility index (Phi) is 6.80. The van der Waals surface area contributed by atoms with E-state index < -0.39 is 11.4 Å². The molecule has 150 valence electrons. The first-order chi connectivity index (χ1) is 13.5. The Bertz CT molecular complexity index is 766. The molecule has 3 rings (SSSR count). The Morgan fingerprint density at radius 1 is 1.21 bits per heavy atom. The summed E-state index contributed by atoms with van der Waals surface area (Å²) in [6, 6.07) is 17.7. The molecule has 2 aromatic carbocycles. The lowest BCUT2D eigenvalue weighted by Gasteiger charge is -2.49. The molecule has 1 amide bonds. The normalized spacial score (nSPS) is 22.9. The van der Waals surface area contributed by atoms with Crippen molar-refractivity contribution < 1.29 is 14.6 Å². The van der Waals surface area contributed by atoms with Crippen molar-refractivity contribution in [1.82, 2.24) is 10.2 Å². The minimum absolute atomic E-state index is 0.0117. The van der Waals surface area contributed by atoms with Crippen LogP contribution in [0.1, 0.15) is 28.4 Å². The molecule has 0 bridgehead atoms. The quantitative estimate of drug-likeness (QED) is 0.643. The highest BCUT2D eigenvalue weighted by atomic mass is 16.5. The molecule has 6 nitrogen and oxygen atoms in total. The summed E-state index contributed by atoms with van der Waals surface area (Å²) in [5, 5.41) is 13.7. The molecular formula is C22H29N3O3. The Labute approximate surface area is 166 Å². The van der Waals surface area contributed by atoms with E-state index in [9.17, 15) is 9.90 Å². The minimum atomic E-state index is -0.485. The molecule has 1 aliphatic heterocycles. The average molecular weight is 383 g/mol. The fraction of sp³-hybridized carbons (Fsp3) is 0.409. The van der Waals surface area contributed by atoms with Crippen molar-refractivity contribution in [2.75, 3.05) is 26.4 Å². The molecule has 1 saturated heterocycles. The van der Waals surface area contributed by atoms with Gasteiger partial charge in [-0.1, -0.05) is 42.5 Å². The van der Waals surface area contributed by atoms with Crippen molar-refractivity contribution in [3.8, 4) is 0 Å². The van der Waals surface area contributed by atoms with Gasteiger partial charge < -0.3 is 20.9 Å². The molecule has 1 heterocycles. The lowest BCUT2D eigenvalue weighted by Crippen LogP contribution is -2.66. The van der Waals surface area contributed by atoms with Crippen LogP contribution in [0.15, 0.2) is 54.6 Å². The zero-order valence-electron chi connectivity index (χ0n) is 16.3. The highest BCUT2D eigenvalue weighted by Gasteiger charge is 2.42. The molecule has 28 heavy (non-hydrogen) atoms. The van der Waals surface area contributed by atoms with Crippen molar-refractivity contribution in [2.24, 2.45) is 5.73 Å². The van der Waals surface area contributed by atoms with Crippen LogP contribution in [0.25, 0.3) is 0 Å². The SMILES string of the molecule is C[C@@H]1COC[C@@](CO)(CNCc2ccc(C(N)=O)cc2)N1Cc1ccccc1. The molecular weight excluding hydrogens is 354 g/mol. The number of nitrogens with two attached hydrogens (primary N) is 1. The van der Waals surface area contributed by atoms with Gasteiger partial charge in [-0.3, -0.25) is 9.69 Å². The predicted octanol–water partition coefficient (Wildman–Crippen LogP) is 1.53. The molecule has 2 aromatic rings. The van der Waals surface area contributed by atoms with Crippen LogP contribution in [-0.4, -0.2) is 53.9 Å². The number of morpholine rings is 1. The summed E-state index contributed by atoms with van der Waals surface area (Å²) in [6.45, 7) is 5.28. The predicted molar refractivity (Wildman–Crippen MR) is 109 cm³/mol. The van der Waals surface area contributed by atoms with Gasteiger partial charge in [0.1, 0.15) is 0 Å². The highest BCUT2D eigenvalue weighted by Crippen LogP contribution is 2.26. The van der Waals surface area contributed by atoms with Crippen LogP contribution < -0.4 is 11.1 Å². The number of amides is 1. The Balaban J connectivity index is 1.67. The van der Waals surface area contributed by atoms with Crippen molar-refractivity contribution in [3.05, 3.63) is 71.3 Å². The van der Waals surface area contributed by atoms with E-state index in [0.717, 1.165) is 12.1 Å². The monoisotopic (exact) mass is 383 g/mol. The van der Waals surface area contributed by atoms with E-state index in [1.165, 1.54) is 5.56 Å². The van der Waals surface area contributed by atoms with Crippen LogP contribution >= 0.6 is 0 Å². The summed E-state index contributed by atoms with van der Waals surface area (Å²) < 4.78 is 5.81. The second-order valence-corrected chi connectivity index (χ2v) is 7.52. The number of rotatable bonds is 8. The van der Waals surface area contributed by atoms with Crippen molar-refractivity contribution in [3.63, 3.8) is 0 Å². The second kappa shape index (κ2) is 9.30. The molecule has 0 radical (unpaired) electrons. The maximum atomic E-state index is 11.2. The maximum Gasteiger partial charge on any atom is 0.248 e. The number of hydrogen-bond donors (Lipinski definition) is 3. The van der Waals surface area contributed by atoms with Gasteiger partial charge in [0.05, 0.1) is 25.4 Å². The van der Waals surface area contributed by atoms with Crippen LogP contribution in [0.3, 0.4) is 0 Å². The van der Waals surface area contributed by atoms with E-state index in [-0.39, 0.29) is 12.6 Å². The molecule has 0 unspecified atom stereocenters. The molecule has 6 heteroatoms. The summed E-state index contributed by atoms with van der Waals surface area (Å²) in [6.07, 6.45) is 0. The van der Waals surface area contributed by atoms with Gasteiger partial charge in [0.2, 0.25) is 5.91 Å². The first-order valence-corrected chi connectivity index (χ1v) is 9.63. The van der Waals surface area contributed by atoms with E-state index >= 15 is 0 Å². The zero-order chi connectivity index (χ0) is 20.0. The van der Waals surface area contributed by atoms with Gasteiger partial charge in [-0.25, -0.2) is 0 Å². The number of nitrogens with one attached hydrogen (secondary N) is 1. The van der Waals surface area contributed by atoms with Crippen molar-refractivity contribution >= 4 is 5.91 Å². The number of carbonyl (C=O) groups is 1. The van der Waals surface area contributed by atoms with Gasteiger partial charge >= 0.3 is 0 Å². The molecule has 0 aliphatic carbocycles. The number of carbonyl (C=O) groups excluding carboxylic acids is 1. The van der Waals surface area contributed by atoms with Crippen LogP contribution in [0.4, 0.5) is 0 Å². The third-order valence-corrected chi connectivity index (χ3v) is 5.38. The fourth-order valence-electron chi connectivity index (χ4n) is 3.73. The lowest BCUT2D eigenvalue weighted by molar-refractivity contribution is -0.122. The molecule has 0 spiro atoms. The van der Waals surface area contributed by atoms with Gasteiger partial charge in [-0.2, -0.15) is 0 Å². The third-order valence-electron chi connectivity index (χ3n) is 5.38. The Morgan fingerprint density at radius 2 is 1.93 bits per heavy atom. The van der Waals surface area contributed by atoms with Gasteiger partial charge in [-0.05, 0) is 30.2 Å². The molecule has 1 fully saturated rings. The summed E-state index contributed by atoms with van der Waals surface area (Å²) in [7, 11) is 0. The summed E-state index contributed by atoms with van der Waals surface area (Å²) in [4.78, 5) is 13.5. The van der Waals surface area contributed by atoms with Crippen molar-refractivity contribution in [2.45, 2.75) is 31.6 Å². The number of hydrogen-bond acceptors (Lipinski definition) is 5. The van der Waals surface area contributed by atoms with Crippen molar-refractivity contribution in [1.29, 1.82) is 0 Å². The molecule has 0 saturated carbocycles. The van der Waals surface area contributed by atoms with Gasteiger partial charge in [0.25, 0.3) is 0 Å². The number of ether oxygens (including phenoxy) is 1. The molecule has 1 aliphatic rings. The fourth-order valence-corrected chi connectivity index (χ4v) is 3.73. The summed E-state index contributed by atoms with van der Waals surface area (Å²) >= 11 is 0. The zero-order valence-corrected chi connectivity index (χ0v) is 16.3. The van der Waals surface area contributed by atoms with Crippen LogP contribution in [0.2, 0.25) is 0 Å². The van der Waals surface area contributed by atoms with E-state index in [2.05, 4.69) is 29.3 Å². The number of aliphatic hydroxyl groups excluding tert-OH is 1.